The number of benzene rings is 1. The van der Waals surface area contributed by atoms with Gasteiger partial charge in [-0.05, 0) is 41.0 Å². The van der Waals surface area contributed by atoms with Crippen molar-refractivity contribution in [2.24, 2.45) is 0 Å². The van der Waals surface area contributed by atoms with Gasteiger partial charge in [0, 0.05) is 18.0 Å². The third kappa shape index (κ3) is 2.01. The van der Waals surface area contributed by atoms with Gasteiger partial charge in [-0.2, -0.15) is 0 Å². The molecule has 1 aromatic rings. The van der Waals surface area contributed by atoms with Gasteiger partial charge in [-0.3, -0.25) is 0 Å². The minimum Gasteiger partial charge on any atom is -0.495 e. The summed E-state index contributed by atoms with van der Waals surface area (Å²) in [7, 11) is 1.57. The highest BCUT2D eigenvalue weighted by molar-refractivity contribution is 9.10. The van der Waals surface area contributed by atoms with E-state index >= 15 is 0 Å². The van der Waals surface area contributed by atoms with Crippen molar-refractivity contribution < 1.29 is 9.13 Å². The van der Waals surface area contributed by atoms with Crippen LogP contribution in [0.4, 0.5) is 4.39 Å². The molecule has 1 fully saturated rings. The zero-order chi connectivity index (χ0) is 10.8. The molecule has 1 saturated heterocycles. The van der Waals surface area contributed by atoms with Crippen molar-refractivity contribution in [3.63, 3.8) is 0 Å². The Balaban J connectivity index is 2.46. The minimum absolute atomic E-state index is 0.177. The summed E-state index contributed by atoms with van der Waals surface area (Å²) in [5, 5.41) is 3.23. The molecule has 2 rings (SSSR count). The Morgan fingerprint density at radius 3 is 2.93 bits per heavy atom. The molecule has 0 spiro atoms. The molecule has 82 valence electrons. The Morgan fingerprint density at radius 2 is 2.33 bits per heavy atom. The van der Waals surface area contributed by atoms with E-state index in [9.17, 15) is 4.39 Å². The molecule has 2 nitrogen and oxygen atoms in total. The predicted octanol–water partition coefficient (Wildman–Crippen LogP) is 2.67. The molecule has 1 aromatic carbocycles. The maximum atomic E-state index is 13.7. The van der Waals surface area contributed by atoms with Crippen molar-refractivity contribution in [1.29, 1.82) is 0 Å². The monoisotopic (exact) mass is 273 g/mol. The highest BCUT2D eigenvalue weighted by Crippen LogP contribution is 2.37. The van der Waals surface area contributed by atoms with Crippen molar-refractivity contribution in [2.75, 3.05) is 20.2 Å². The highest BCUT2D eigenvalue weighted by Gasteiger charge is 2.25. The summed E-state index contributed by atoms with van der Waals surface area (Å²) in [5.41, 5.74) is 0.692. The Bertz CT molecular complexity index is 364. The first-order valence-corrected chi connectivity index (χ1v) is 5.76. The van der Waals surface area contributed by atoms with E-state index in [1.54, 1.807) is 13.2 Å². The second-order valence-electron chi connectivity index (χ2n) is 3.67. The Labute approximate surface area is 96.9 Å². The first-order chi connectivity index (χ1) is 7.24. The smallest absolute Gasteiger partial charge is 0.139 e. The maximum Gasteiger partial charge on any atom is 0.139 e. The summed E-state index contributed by atoms with van der Waals surface area (Å²) in [5.74, 6) is 0.671. The lowest BCUT2D eigenvalue weighted by Gasteiger charge is -2.16. The third-order valence-electron chi connectivity index (χ3n) is 2.77. The quantitative estimate of drug-likeness (QED) is 0.895. The van der Waals surface area contributed by atoms with Gasteiger partial charge in [0.05, 0.1) is 11.6 Å². The van der Waals surface area contributed by atoms with Crippen LogP contribution in [0.5, 0.6) is 5.75 Å². The van der Waals surface area contributed by atoms with Crippen LogP contribution < -0.4 is 10.1 Å². The van der Waals surface area contributed by atoms with E-state index in [1.807, 2.05) is 0 Å². The summed E-state index contributed by atoms with van der Waals surface area (Å²) in [6, 6.07) is 3.17. The van der Waals surface area contributed by atoms with Gasteiger partial charge in [0.15, 0.2) is 0 Å². The van der Waals surface area contributed by atoms with Gasteiger partial charge in [-0.15, -0.1) is 0 Å². The van der Waals surface area contributed by atoms with Gasteiger partial charge in [0.25, 0.3) is 0 Å². The molecule has 0 aromatic heterocycles. The van der Waals surface area contributed by atoms with E-state index in [4.69, 9.17) is 4.74 Å². The number of rotatable bonds is 2. The van der Waals surface area contributed by atoms with E-state index in [0.29, 0.717) is 11.3 Å². The Morgan fingerprint density at radius 1 is 1.53 bits per heavy atom. The molecule has 1 aliphatic heterocycles. The summed E-state index contributed by atoms with van der Waals surface area (Å²) < 4.78 is 19.8. The molecule has 4 heteroatoms. The Hall–Kier alpha value is -0.610. The molecule has 0 radical (unpaired) electrons. The van der Waals surface area contributed by atoms with Gasteiger partial charge in [-0.1, -0.05) is 0 Å². The fraction of sp³-hybridized carbons (Fsp3) is 0.455. The summed E-state index contributed by atoms with van der Waals surface area (Å²) in [4.78, 5) is 0. The molecule has 1 N–H and O–H groups in total. The fourth-order valence-electron chi connectivity index (χ4n) is 2.04. The number of halogens is 2. The van der Waals surface area contributed by atoms with Crippen LogP contribution in [-0.2, 0) is 0 Å². The van der Waals surface area contributed by atoms with E-state index in [1.165, 1.54) is 6.07 Å². The first-order valence-electron chi connectivity index (χ1n) is 4.96. The predicted molar refractivity (Wildman–Crippen MR) is 60.9 cm³/mol. The molecule has 0 aliphatic carbocycles. The summed E-state index contributed by atoms with van der Waals surface area (Å²) in [6.07, 6.45) is 0.962. The van der Waals surface area contributed by atoms with Gasteiger partial charge < -0.3 is 10.1 Å². The van der Waals surface area contributed by atoms with Crippen LogP contribution in [0.2, 0.25) is 0 Å². The normalized spacial score (nSPS) is 20.6. The van der Waals surface area contributed by atoms with Gasteiger partial charge in [0.1, 0.15) is 11.6 Å². The highest BCUT2D eigenvalue weighted by atomic mass is 79.9. The largest absolute Gasteiger partial charge is 0.495 e. The van der Waals surface area contributed by atoms with Crippen LogP contribution in [0.15, 0.2) is 16.6 Å². The van der Waals surface area contributed by atoms with Crippen molar-refractivity contribution in [1.82, 2.24) is 5.32 Å². The minimum atomic E-state index is -0.177. The fourth-order valence-corrected chi connectivity index (χ4v) is 2.55. The van der Waals surface area contributed by atoms with Crippen molar-refractivity contribution in [2.45, 2.75) is 12.3 Å². The standard InChI is InChI=1S/C11H13BrFNO/c1-15-11-8(12)2-3-9(13)10(11)7-4-5-14-6-7/h2-3,7,14H,4-6H2,1H3. The molecule has 0 bridgehead atoms. The molecule has 15 heavy (non-hydrogen) atoms. The molecule has 1 unspecified atom stereocenters. The van der Waals surface area contributed by atoms with Crippen LogP contribution in [0.3, 0.4) is 0 Å². The second kappa shape index (κ2) is 4.49. The number of nitrogens with one attached hydrogen (secondary N) is 1. The van der Waals surface area contributed by atoms with Gasteiger partial charge >= 0.3 is 0 Å². The van der Waals surface area contributed by atoms with Crippen LogP contribution >= 0.6 is 15.9 Å². The van der Waals surface area contributed by atoms with Crippen molar-refractivity contribution in [3.05, 3.63) is 28.0 Å². The van der Waals surface area contributed by atoms with E-state index < -0.39 is 0 Å². The van der Waals surface area contributed by atoms with Crippen LogP contribution in [0.25, 0.3) is 0 Å². The van der Waals surface area contributed by atoms with Crippen LogP contribution in [0, 0.1) is 5.82 Å². The molecule has 1 heterocycles. The van der Waals surface area contributed by atoms with E-state index in [2.05, 4.69) is 21.2 Å². The average Bonchev–Trinajstić information content (AvgIpc) is 2.74. The molecule has 0 amide bonds. The second-order valence-corrected chi connectivity index (χ2v) is 4.52. The summed E-state index contributed by atoms with van der Waals surface area (Å²) in [6.45, 7) is 1.77. The molecular weight excluding hydrogens is 261 g/mol. The lowest BCUT2D eigenvalue weighted by molar-refractivity contribution is 0.397. The summed E-state index contributed by atoms with van der Waals surface area (Å²) >= 11 is 3.38. The van der Waals surface area contributed by atoms with Gasteiger partial charge in [-0.25, -0.2) is 4.39 Å². The first kappa shape index (κ1) is 10.9. The molecular formula is C11H13BrFNO. The third-order valence-corrected chi connectivity index (χ3v) is 3.39. The van der Waals surface area contributed by atoms with Crippen LogP contribution in [0.1, 0.15) is 17.9 Å². The van der Waals surface area contributed by atoms with Gasteiger partial charge in [0.2, 0.25) is 0 Å². The van der Waals surface area contributed by atoms with E-state index in [-0.39, 0.29) is 11.7 Å². The van der Waals surface area contributed by atoms with Crippen molar-refractivity contribution >= 4 is 15.9 Å². The zero-order valence-corrected chi connectivity index (χ0v) is 10.1. The SMILES string of the molecule is COc1c(Br)ccc(F)c1C1CCNC1. The lowest BCUT2D eigenvalue weighted by Crippen LogP contribution is -2.10. The van der Waals surface area contributed by atoms with Crippen LogP contribution in [-0.4, -0.2) is 20.2 Å². The molecule has 0 saturated carbocycles. The zero-order valence-electron chi connectivity index (χ0n) is 8.52. The Kier molecular flexibility index (Phi) is 3.26. The molecule has 1 atom stereocenters. The number of methoxy groups -OCH3 is 1. The van der Waals surface area contributed by atoms with Crippen molar-refractivity contribution in [3.8, 4) is 5.75 Å². The number of hydrogen-bond donors (Lipinski definition) is 1. The topological polar surface area (TPSA) is 21.3 Å². The number of hydrogen-bond acceptors (Lipinski definition) is 2. The maximum absolute atomic E-state index is 13.7. The number of ether oxygens (including phenoxy) is 1. The average molecular weight is 274 g/mol. The van der Waals surface area contributed by atoms with E-state index in [0.717, 1.165) is 24.0 Å². The molecule has 1 aliphatic rings. The lowest BCUT2D eigenvalue weighted by atomic mass is 9.97.